The molecule has 1 aromatic heterocycles. The van der Waals surface area contributed by atoms with Crippen molar-refractivity contribution in [2.75, 3.05) is 7.11 Å². The number of rotatable bonds is 3. The van der Waals surface area contributed by atoms with Crippen molar-refractivity contribution in [1.82, 2.24) is 15.0 Å². The number of hydroxylamine groups is 1. The van der Waals surface area contributed by atoms with Gasteiger partial charge in [0.2, 0.25) is 0 Å². The van der Waals surface area contributed by atoms with Crippen molar-refractivity contribution < 1.29 is 4.84 Å². The van der Waals surface area contributed by atoms with Crippen LogP contribution in [0.25, 0.3) is 11.0 Å². The van der Waals surface area contributed by atoms with Gasteiger partial charge in [-0.05, 0) is 12.1 Å². The minimum Gasteiger partial charge on any atom is -0.330 e. The Balaban J connectivity index is 2.41. The zero-order valence-corrected chi connectivity index (χ0v) is 8.32. The summed E-state index contributed by atoms with van der Waals surface area (Å²) < 4.78 is 2.06. The molecule has 0 amide bonds. The molecule has 1 N–H and O–H groups in total. The van der Waals surface area contributed by atoms with E-state index in [-0.39, 0.29) is 0 Å². The van der Waals surface area contributed by atoms with Gasteiger partial charge in [-0.3, -0.25) is 0 Å². The molecule has 74 valence electrons. The smallest absolute Gasteiger partial charge is 0.126 e. The van der Waals surface area contributed by atoms with E-state index in [0.717, 1.165) is 16.9 Å². The highest BCUT2D eigenvalue weighted by Crippen LogP contribution is 2.13. The first kappa shape index (κ1) is 9.18. The third kappa shape index (κ3) is 1.49. The summed E-state index contributed by atoms with van der Waals surface area (Å²) in [5.41, 5.74) is 4.94. The fourth-order valence-corrected chi connectivity index (χ4v) is 1.49. The van der Waals surface area contributed by atoms with Crippen molar-refractivity contribution >= 4 is 11.0 Å². The minimum absolute atomic E-state index is 0.613. The number of hydrogen-bond acceptors (Lipinski definition) is 3. The second-order valence-corrected chi connectivity index (χ2v) is 3.10. The third-order valence-electron chi connectivity index (χ3n) is 2.25. The Morgan fingerprint density at radius 1 is 1.43 bits per heavy atom. The number of nitrogens with one attached hydrogen (secondary N) is 1. The number of aromatic nitrogens is 2. The number of nitrogens with zero attached hydrogens (tertiary/aromatic N) is 2. The number of para-hydroxylation sites is 2. The maximum absolute atomic E-state index is 4.79. The van der Waals surface area contributed by atoms with Crippen LogP contribution in [0.2, 0.25) is 0 Å². The quantitative estimate of drug-likeness (QED) is 0.741. The molecule has 2 rings (SSSR count). The Bertz CT molecular complexity index is 436. The molecule has 14 heavy (non-hydrogen) atoms. The monoisotopic (exact) mass is 191 g/mol. The average Bonchev–Trinajstić information content (AvgIpc) is 2.54. The van der Waals surface area contributed by atoms with Crippen LogP contribution in [0.15, 0.2) is 24.3 Å². The topological polar surface area (TPSA) is 39.1 Å². The Morgan fingerprint density at radius 2 is 2.21 bits per heavy atom. The lowest BCUT2D eigenvalue weighted by Gasteiger charge is -2.01. The van der Waals surface area contributed by atoms with Gasteiger partial charge < -0.3 is 9.40 Å². The summed E-state index contributed by atoms with van der Waals surface area (Å²) in [6, 6.07) is 8.06. The molecular weight excluding hydrogens is 178 g/mol. The van der Waals surface area contributed by atoms with E-state index in [1.807, 2.05) is 25.2 Å². The molecule has 0 radical (unpaired) electrons. The van der Waals surface area contributed by atoms with Gasteiger partial charge in [0.15, 0.2) is 0 Å². The van der Waals surface area contributed by atoms with E-state index in [0.29, 0.717) is 6.54 Å². The van der Waals surface area contributed by atoms with Crippen LogP contribution in [0.1, 0.15) is 5.82 Å². The molecule has 0 bridgehead atoms. The molecule has 0 unspecified atom stereocenters. The molecule has 1 heterocycles. The van der Waals surface area contributed by atoms with E-state index < -0.39 is 0 Å². The Hall–Kier alpha value is -1.39. The molecular formula is C10H13N3O. The zero-order chi connectivity index (χ0) is 9.97. The predicted molar refractivity (Wildman–Crippen MR) is 54.6 cm³/mol. The largest absolute Gasteiger partial charge is 0.330 e. The highest BCUT2D eigenvalue weighted by molar-refractivity contribution is 5.75. The third-order valence-corrected chi connectivity index (χ3v) is 2.25. The molecule has 4 nitrogen and oxygen atoms in total. The summed E-state index contributed by atoms with van der Waals surface area (Å²) >= 11 is 0. The van der Waals surface area contributed by atoms with E-state index in [4.69, 9.17) is 4.84 Å². The normalized spacial score (nSPS) is 11.0. The lowest BCUT2D eigenvalue weighted by Crippen LogP contribution is -2.14. The van der Waals surface area contributed by atoms with E-state index in [2.05, 4.69) is 21.1 Å². The van der Waals surface area contributed by atoms with Crippen LogP contribution in [0.4, 0.5) is 0 Å². The highest BCUT2D eigenvalue weighted by Gasteiger charge is 2.05. The zero-order valence-electron chi connectivity index (χ0n) is 8.32. The van der Waals surface area contributed by atoms with Gasteiger partial charge in [0.05, 0.1) is 24.7 Å². The summed E-state index contributed by atoms with van der Waals surface area (Å²) in [6.45, 7) is 0.613. The van der Waals surface area contributed by atoms with Gasteiger partial charge >= 0.3 is 0 Å². The van der Waals surface area contributed by atoms with Crippen LogP contribution in [-0.2, 0) is 18.4 Å². The Labute approximate surface area is 82.5 Å². The summed E-state index contributed by atoms with van der Waals surface area (Å²) in [4.78, 5) is 9.26. The first-order valence-corrected chi connectivity index (χ1v) is 4.49. The number of benzene rings is 1. The van der Waals surface area contributed by atoms with Crippen molar-refractivity contribution in [2.24, 2.45) is 7.05 Å². The van der Waals surface area contributed by atoms with Crippen LogP contribution in [0.3, 0.4) is 0 Å². The van der Waals surface area contributed by atoms with Crippen molar-refractivity contribution in [3.8, 4) is 0 Å². The van der Waals surface area contributed by atoms with Crippen molar-refractivity contribution in [3.63, 3.8) is 0 Å². The van der Waals surface area contributed by atoms with Gasteiger partial charge in [-0.15, -0.1) is 0 Å². The molecule has 4 heteroatoms. The van der Waals surface area contributed by atoms with Crippen LogP contribution < -0.4 is 5.48 Å². The molecule has 2 aromatic rings. The minimum atomic E-state index is 0.613. The van der Waals surface area contributed by atoms with Crippen LogP contribution in [-0.4, -0.2) is 16.7 Å². The lowest BCUT2D eigenvalue weighted by atomic mass is 10.3. The van der Waals surface area contributed by atoms with Gasteiger partial charge in [0, 0.05) is 7.05 Å². The molecule has 0 saturated carbocycles. The van der Waals surface area contributed by atoms with Crippen LogP contribution in [0, 0.1) is 0 Å². The summed E-state index contributed by atoms with van der Waals surface area (Å²) in [5.74, 6) is 0.966. The molecule has 0 atom stereocenters. The summed E-state index contributed by atoms with van der Waals surface area (Å²) in [7, 11) is 3.60. The van der Waals surface area contributed by atoms with Crippen molar-refractivity contribution in [2.45, 2.75) is 6.54 Å². The predicted octanol–water partition coefficient (Wildman–Crippen LogP) is 1.22. The SMILES string of the molecule is CONCc1nc2ccccc2n1C. The van der Waals surface area contributed by atoms with Gasteiger partial charge in [-0.1, -0.05) is 12.1 Å². The van der Waals surface area contributed by atoms with Gasteiger partial charge in [0.25, 0.3) is 0 Å². The van der Waals surface area contributed by atoms with E-state index >= 15 is 0 Å². The molecule has 0 aliphatic rings. The summed E-state index contributed by atoms with van der Waals surface area (Å²) in [5, 5.41) is 0. The van der Waals surface area contributed by atoms with Crippen LogP contribution >= 0.6 is 0 Å². The van der Waals surface area contributed by atoms with E-state index in [9.17, 15) is 0 Å². The number of imidazole rings is 1. The van der Waals surface area contributed by atoms with Gasteiger partial charge in [-0.2, -0.15) is 5.48 Å². The molecule has 0 aliphatic heterocycles. The van der Waals surface area contributed by atoms with Gasteiger partial charge in [0.1, 0.15) is 5.82 Å². The Kier molecular flexibility index (Phi) is 2.47. The Morgan fingerprint density at radius 3 is 2.93 bits per heavy atom. The number of aryl methyl sites for hydroxylation is 1. The number of hydrogen-bond donors (Lipinski definition) is 1. The molecule has 0 fully saturated rings. The number of fused-ring (bicyclic) bond motifs is 1. The first-order valence-electron chi connectivity index (χ1n) is 4.49. The lowest BCUT2D eigenvalue weighted by molar-refractivity contribution is 0.0844. The first-order chi connectivity index (χ1) is 6.83. The molecule has 0 aliphatic carbocycles. The second-order valence-electron chi connectivity index (χ2n) is 3.10. The molecule has 1 aromatic carbocycles. The fourth-order valence-electron chi connectivity index (χ4n) is 1.49. The molecule has 0 spiro atoms. The average molecular weight is 191 g/mol. The van der Waals surface area contributed by atoms with Crippen molar-refractivity contribution in [3.05, 3.63) is 30.1 Å². The highest BCUT2D eigenvalue weighted by atomic mass is 16.6. The second kappa shape index (κ2) is 3.77. The molecule has 0 saturated heterocycles. The van der Waals surface area contributed by atoms with E-state index in [1.165, 1.54) is 0 Å². The fraction of sp³-hybridized carbons (Fsp3) is 0.300. The van der Waals surface area contributed by atoms with Gasteiger partial charge in [-0.25, -0.2) is 4.98 Å². The summed E-state index contributed by atoms with van der Waals surface area (Å²) in [6.07, 6.45) is 0. The standard InChI is InChI=1S/C10H13N3O/c1-13-9-6-4-3-5-8(9)12-10(13)7-11-14-2/h3-6,11H,7H2,1-2H3. The maximum Gasteiger partial charge on any atom is 0.126 e. The maximum atomic E-state index is 4.79. The van der Waals surface area contributed by atoms with Crippen LogP contribution in [0.5, 0.6) is 0 Å². The van der Waals surface area contributed by atoms with E-state index in [1.54, 1.807) is 7.11 Å². The van der Waals surface area contributed by atoms with Crippen molar-refractivity contribution in [1.29, 1.82) is 0 Å².